The molecule has 0 saturated carbocycles. The molecule has 0 unspecified atom stereocenters. The minimum atomic E-state index is -0.342. The Morgan fingerprint density at radius 1 is 1.34 bits per heavy atom. The number of hydrogen-bond acceptors (Lipinski definition) is 6. The van der Waals surface area contributed by atoms with Gasteiger partial charge < -0.3 is 19.5 Å². The molecule has 4 rings (SSSR count). The molecule has 0 aliphatic carbocycles. The quantitative estimate of drug-likeness (QED) is 0.511. The van der Waals surface area contributed by atoms with E-state index in [0.29, 0.717) is 48.8 Å². The molecule has 1 aliphatic heterocycles. The van der Waals surface area contributed by atoms with Gasteiger partial charge in [-0.25, -0.2) is 9.37 Å². The van der Waals surface area contributed by atoms with Crippen LogP contribution in [0.25, 0.3) is 6.08 Å². The molecule has 166 valence electrons. The fourth-order valence-electron chi connectivity index (χ4n) is 3.33. The summed E-state index contributed by atoms with van der Waals surface area (Å²) in [5.41, 5.74) is 3.14. The number of benzene rings is 2. The number of ether oxygens (including phenoxy) is 3. The highest BCUT2D eigenvalue weighted by molar-refractivity contribution is 7.09. The second kappa shape index (κ2) is 10.4. The number of rotatable bonds is 8. The number of fused-ring (bicyclic) bond motifs is 1. The molecule has 2 heterocycles. The molecule has 32 heavy (non-hydrogen) atoms. The first-order valence-corrected chi connectivity index (χ1v) is 11.1. The lowest BCUT2D eigenvalue weighted by atomic mass is 10.1. The van der Waals surface area contributed by atoms with Gasteiger partial charge in [-0.05, 0) is 54.8 Å². The lowest BCUT2D eigenvalue weighted by Crippen LogP contribution is -2.24. The molecule has 0 atom stereocenters. The summed E-state index contributed by atoms with van der Waals surface area (Å²) in [6.45, 7) is 3.19. The molecule has 0 fully saturated rings. The molecule has 1 aromatic heterocycles. The molecule has 2 aromatic carbocycles. The van der Waals surface area contributed by atoms with Crippen molar-refractivity contribution >= 4 is 23.3 Å². The zero-order valence-electron chi connectivity index (χ0n) is 17.6. The average molecular weight is 455 g/mol. The van der Waals surface area contributed by atoms with Crippen LogP contribution in [0.4, 0.5) is 4.39 Å². The third kappa shape index (κ3) is 5.93. The van der Waals surface area contributed by atoms with E-state index in [9.17, 15) is 9.18 Å². The number of nitrogens with one attached hydrogen (secondary N) is 1. The summed E-state index contributed by atoms with van der Waals surface area (Å²) in [4.78, 5) is 16.6. The Labute approximate surface area is 189 Å². The van der Waals surface area contributed by atoms with Crippen LogP contribution in [0.1, 0.15) is 27.4 Å². The molecule has 1 amide bonds. The minimum absolute atomic E-state index is 0.146. The Morgan fingerprint density at radius 3 is 3.09 bits per heavy atom. The summed E-state index contributed by atoms with van der Waals surface area (Å²) in [5, 5.41) is 5.80. The van der Waals surface area contributed by atoms with Crippen molar-refractivity contribution in [2.45, 2.75) is 26.6 Å². The number of halogens is 1. The van der Waals surface area contributed by atoms with Gasteiger partial charge in [-0.15, -0.1) is 11.3 Å². The van der Waals surface area contributed by atoms with Crippen molar-refractivity contribution in [3.8, 4) is 11.5 Å². The minimum Gasteiger partial charge on any atom is -0.487 e. The van der Waals surface area contributed by atoms with Crippen LogP contribution >= 0.6 is 11.3 Å². The van der Waals surface area contributed by atoms with E-state index in [1.165, 1.54) is 18.2 Å². The van der Waals surface area contributed by atoms with Crippen LogP contribution < -0.4 is 14.8 Å². The van der Waals surface area contributed by atoms with Crippen LogP contribution in [-0.4, -0.2) is 24.2 Å². The number of nitrogens with zero attached hydrogens (tertiary/aromatic N) is 1. The third-order valence-electron chi connectivity index (χ3n) is 4.78. The van der Waals surface area contributed by atoms with Crippen molar-refractivity contribution in [1.82, 2.24) is 10.3 Å². The summed E-state index contributed by atoms with van der Waals surface area (Å²) in [7, 11) is 0. The second-order valence-electron chi connectivity index (χ2n) is 7.26. The maximum Gasteiger partial charge on any atom is 0.244 e. The number of carbonyl (C=O) groups is 1. The van der Waals surface area contributed by atoms with E-state index in [1.807, 2.05) is 36.6 Å². The van der Waals surface area contributed by atoms with Crippen LogP contribution in [0.15, 0.2) is 47.9 Å². The molecular formula is C24H23FN2O4S. The fourth-order valence-corrected chi connectivity index (χ4v) is 3.93. The highest BCUT2D eigenvalue weighted by Crippen LogP contribution is 2.29. The van der Waals surface area contributed by atoms with Crippen molar-refractivity contribution in [1.29, 1.82) is 0 Å². The number of amides is 1. The van der Waals surface area contributed by atoms with Gasteiger partial charge >= 0.3 is 0 Å². The Balaban J connectivity index is 1.28. The van der Waals surface area contributed by atoms with Crippen molar-refractivity contribution < 1.29 is 23.4 Å². The predicted molar refractivity (Wildman–Crippen MR) is 120 cm³/mol. The van der Waals surface area contributed by atoms with Crippen molar-refractivity contribution in [2.75, 3.05) is 13.3 Å². The maximum absolute atomic E-state index is 13.8. The summed E-state index contributed by atoms with van der Waals surface area (Å²) < 4.78 is 30.3. The molecule has 0 saturated heterocycles. The first kappa shape index (κ1) is 22.0. The van der Waals surface area contributed by atoms with Crippen LogP contribution in [0, 0.1) is 12.7 Å². The molecule has 1 aliphatic rings. The Bertz CT molecular complexity index is 1130. The van der Waals surface area contributed by atoms with Gasteiger partial charge in [0.25, 0.3) is 0 Å². The predicted octanol–water partition coefficient (Wildman–Crippen LogP) is 4.41. The lowest BCUT2D eigenvalue weighted by Gasteiger charge is -2.20. The molecule has 0 spiro atoms. The lowest BCUT2D eigenvalue weighted by molar-refractivity contribution is -0.116. The first-order valence-electron chi connectivity index (χ1n) is 10.2. The van der Waals surface area contributed by atoms with E-state index in [4.69, 9.17) is 14.2 Å². The van der Waals surface area contributed by atoms with E-state index in [0.717, 1.165) is 16.3 Å². The highest BCUT2D eigenvalue weighted by Gasteiger charge is 2.16. The van der Waals surface area contributed by atoms with Gasteiger partial charge in [-0.1, -0.05) is 12.1 Å². The van der Waals surface area contributed by atoms with Crippen molar-refractivity contribution in [3.05, 3.63) is 81.1 Å². The van der Waals surface area contributed by atoms with Gasteiger partial charge in [0.15, 0.2) is 6.79 Å². The van der Waals surface area contributed by atoms with Crippen molar-refractivity contribution in [2.24, 2.45) is 0 Å². The number of hydrogen-bond donors (Lipinski definition) is 1. The molecular weight excluding hydrogens is 431 g/mol. The number of aryl methyl sites for hydroxylation is 1. The van der Waals surface area contributed by atoms with E-state index in [-0.39, 0.29) is 18.5 Å². The Kier molecular flexibility index (Phi) is 7.14. The van der Waals surface area contributed by atoms with E-state index < -0.39 is 0 Å². The summed E-state index contributed by atoms with van der Waals surface area (Å²) >= 11 is 1.59. The van der Waals surface area contributed by atoms with E-state index in [1.54, 1.807) is 17.4 Å². The standard InChI is InChI=1S/C24H23FN2O4S/c1-16-27-21(14-32-16)13-30-22-4-2-3-17(9-22)5-6-23(28)26-8-7-18-10-20(25)11-19-12-29-15-31-24(18)19/h2-6,9-11,14H,7-8,12-13,15H2,1H3,(H,26,28)/b6-5+. The number of thiazole rings is 1. The number of carbonyl (C=O) groups excluding carboxylic acids is 1. The molecule has 6 nitrogen and oxygen atoms in total. The molecule has 8 heteroatoms. The van der Waals surface area contributed by atoms with Gasteiger partial charge in [0, 0.05) is 23.6 Å². The van der Waals surface area contributed by atoms with E-state index >= 15 is 0 Å². The average Bonchev–Trinajstić information content (AvgIpc) is 3.21. The zero-order chi connectivity index (χ0) is 22.3. The summed E-state index contributed by atoms with van der Waals surface area (Å²) in [6.07, 6.45) is 3.65. The Hall–Kier alpha value is -3.23. The summed E-state index contributed by atoms with van der Waals surface area (Å²) in [5.74, 6) is 0.778. The number of aromatic nitrogens is 1. The first-order chi connectivity index (χ1) is 15.6. The zero-order valence-corrected chi connectivity index (χ0v) is 18.4. The summed E-state index contributed by atoms with van der Waals surface area (Å²) in [6, 6.07) is 10.3. The molecule has 3 aromatic rings. The van der Waals surface area contributed by atoms with Crippen molar-refractivity contribution in [3.63, 3.8) is 0 Å². The van der Waals surface area contributed by atoms with Crippen LogP contribution in [0.2, 0.25) is 0 Å². The van der Waals surface area contributed by atoms with Gasteiger partial charge in [-0.3, -0.25) is 4.79 Å². The molecule has 0 bridgehead atoms. The largest absolute Gasteiger partial charge is 0.487 e. The molecule has 0 radical (unpaired) electrons. The Morgan fingerprint density at radius 2 is 2.25 bits per heavy atom. The smallest absolute Gasteiger partial charge is 0.244 e. The normalized spacial score (nSPS) is 12.9. The topological polar surface area (TPSA) is 69.7 Å². The van der Waals surface area contributed by atoms with Gasteiger partial charge in [-0.2, -0.15) is 0 Å². The third-order valence-corrected chi connectivity index (χ3v) is 5.61. The van der Waals surface area contributed by atoms with Gasteiger partial charge in [0.1, 0.15) is 23.9 Å². The second-order valence-corrected chi connectivity index (χ2v) is 8.32. The van der Waals surface area contributed by atoms with Crippen LogP contribution in [0.5, 0.6) is 11.5 Å². The van der Waals surface area contributed by atoms with Crippen LogP contribution in [0.3, 0.4) is 0 Å². The van der Waals surface area contributed by atoms with Gasteiger partial charge in [0.2, 0.25) is 5.91 Å². The fraction of sp³-hybridized carbons (Fsp3) is 0.250. The van der Waals surface area contributed by atoms with Gasteiger partial charge in [0.05, 0.1) is 17.3 Å². The van der Waals surface area contributed by atoms with Crippen LogP contribution in [-0.2, 0) is 29.2 Å². The van der Waals surface area contributed by atoms with E-state index in [2.05, 4.69) is 10.3 Å². The maximum atomic E-state index is 13.8. The monoisotopic (exact) mass is 454 g/mol. The SMILES string of the molecule is Cc1nc(COc2cccc(/C=C/C(=O)NCCc3cc(F)cc4c3OCOC4)c2)cs1. The molecule has 1 N–H and O–H groups in total. The highest BCUT2D eigenvalue weighted by atomic mass is 32.1.